The zero-order valence-corrected chi connectivity index (χ0v) is 18.5. The number of carbonyl (C=O) groups is 1. The van der Waals surface area contributed by atoms with Crippen molar-refractivity contribution in [1.29, 1.82) is 5.26 Å². The maximum Gasteiger partial charge on any atom is 0.411 e. The minimum absolute atomic E-state index is 0.275. The smallest absolute Gasteiger partial charge is 0.411 e. The molecule has 0 spiro atoms. The van der Waals surface area contributed by atoms with Gasteiger partial charge in [-0.15, -0.1) is 0 Å². The maximum absolute atomic E-state index is 12.2. The van der Waals surface area contributed by atoms with Crippen molar-refractivity contribution in [2.75, 3.05) is 43.0 Å². The second-order valence-electron chi connectivity index (χ2n) is 7.92. The molecule has 1 fully saturated rings. The van der Waals surface area contributed by atoms with Crippen LogP contribution in [-0.2, 0) is 11.3 Å². The fraction of sp³-hybridized carbons (Fsp3) is 0.320. The van der Waals surface area contributed by atoms with E-state index in [1.165, 1.54) is 0 Å². The molecule has 2 aromatic carbocycles. The molecule has 0 saturated carbocycles. The summed E-state index contributed by atoms with van der Waals surface area (Å²) in [7, 11) is 0. The lowest BCUT2D eigenvalue weighted by atomic mass is 10.1. The molecule has 1 amide bonds. The van der Waals surface area contributed by atoms with E-state index in [0.29, 0.717) is 23.4 Å². The number of benzene rings is 2. The Morgan fingerprint density at radius 2 is 1.94 bits per heavy atom. The Balaban J connectivity index is 1.48. The van der Waals surface area contributed by atoms with E-state index in [4.69, 9.17) is 14.4 Å². The van der Waals surface area contributed by atoms with Gasteiger partial charge >= 0.3 is 11.7 Å². The highest BCUT2D eigenvalue weighted by Gasteiger charge is 2.17. The second kappa shape index (κ2) is 10.2. The molecular weight excluding hydrogens is 420 g/mol. The van der Waals surface area contributed by atoms with E-state index >= 15 is 0 Å². The summed E-state index contributed by atoms with van der Waals surface area (Å²) in [5.41, 5.74) is 3.19. The van der Waals surface area contributed by atoms with E-state index in [1.54, 1.807) is 25.1 Å². The Kier molecular flexibility index (Phi) is 6.91. The van der Waals surface area contributed by atoms with Gasteiger partial charge in [0.25, 0.3) is 0 Å². The van der Waals surface area contributed by atoms with Crippen LogP contribution >= 0.6 is 0 Å². The normalized spacial score (nSPS) is 14.5. The van der Waals surface area contributed by atoms with Crippen molar-refractivity contribution < 1.29 is 13.9 Å². The molecule has 0 radical (unpaired) electrons. The van der Waals surface area contributed by atoms with Crippen LogP contribution in [0, 0.1) is 11.3 Å². The van der Waals surface area contributed by atoms with Gasteiger partial charge in [-0.25, -0.2) is 9.59 Å². The van der Waals surface area contributed by atoms with Crippen molar-refractivity contribution in [3.8, 4) is 6.07 Å². The van der Waals surface area contributed by atoms with Crippen LogP contribution in [0.2, 0.25) is 0 Å². The lowest BCUT2D eigenvalue weighted by molar-refractivity contribution is 0.168. The minimum Gasteiger partial charge on any atom is -0.450 e. The van der Waals surface area contributed by atoms with Gasteiger partial charge in [0, 0.05) is 61.6 Å². The number of hydrogen-bond acceptors (Lipinski definition) is 7. The van der Waals surface area contributed by atoms with Crippen LogP contribution < -0.4 is 15.8 Å². The van der Waals surface area contributed by atoms with E-state index in [-0.39, 0.29) is 6.61 Å². The molecule has 0 aliphatic carbocycles. The molecule has 1 aromatic heterocycles. The fourth-order valence-corrected chi connectivity index (χ4v) is 4.10. The largest absolute Gasteiger partial charge is 0.450 e. The summed E-state index contributed by atoms with van der Waals surface area (Å²) in [5, 5.41) is 12.5. The van der Waals surface area contributed by atoms with E-state index in [1.807, 2.05) is 30.3 Å². The number of nitrogens with one attached hydrogen (secondary N) is 1. The third kappa shape index (κ3) is 5.51. The van der Waals surface area contributed by atoms with Gasteiger partial charge < -0.3 is 14.1 Å². The van der Waals surface area contributed by atoms with Crippen molar-refractivity contribution in [3.63, 3.8) is 0 Å². The average Bonchev–Trinajstić information content (AvgIpc) is 3.04. The Bertz CT molecular complexity index is 1230. The lowest BCUT2D eigenvalue weighted by Gasteiger charge is -2.24. The number of ether oxygens (including phenoxy) is 1. The molecule has 3 aromatic rings. The van der Waals surface area contributed by atoms with Gasteiger partial charge in [0.05, 0.1) is 18.2 Å². The van der Waals surface area contributed by atoms with Crippen LogP contribution in [0.5, 0.6) is 0 Å². The first-order valence-electron chi connectivity index (χ1n) is 11.0. The van der Waals surface area contributed by atoms with Gasteiger partial charge in [-0.2, -0.15) is 5.26 Å². The summed E-state index contributed by atoms with van der Waals surface area (Å²) in [6.07, 6.45) is 0.444. The fourth-order valence-electron chi connectivity index (χ4n) is 4.10. The molecule has 1 aliphatic rings. The van der Waals surface area contributed by atoms with Crippen molar-refractivity contribution in [2.45, 2.75) is 19.9 Å². The third-order valence-corrected chi connectivity index (χ3v) is 5.70. The molecule has 0 bridgehead atoms. The van der Waals surface area contributed by atoms with Crippen LogP contribution in [-0.4, -0.2) is 43.8 Å². The van der Waals surface area contributed by atoms with Gasteiger partial charge in [0.1, 0.15) is 5.58 Å². The van der Waals surface area contributed by atoms with Gasteiger partial charge in [-0.1, -0.05) is 0 Å². The molecule has 170 valence electrons. The van der Waals surface area contributed by atoms with Crippen LogP contribution in [0.1, 0.15) is 24.5 Å². The first-order valence-corrected chi connectivity index (χ1v) is 11.0. The van der Waals surface area contributed by atoms with E-state index in [2.05, 4.69) is 21.2 Å². The summed E-state index contributed by atoms with van der Waals surface area (Å²) in [6.45, 7) is 6.20. The SMILES string of the molecule is CCOC(=O)Nc1ccc2c(CN3CCCN(c4ccc(C#N)cc4)CC3)cc(=O)oc2c1. The predicted octanol–water partition coefficient (Wildman–Crippen LogP) is 3.95. The molecular formula is C25H26N4O4. The zero-order chi connectivity index (χ0) is 23.2. The molecule has 0 unspecified atom stereocenters. The number of amides is 1. The zero-order valence-electron chi connectivity index (χ0n) is 18.5. The summed E-state index contributed by atoms with van der Waals surface area (Å²) in [5.74, 6) is 0. The number of nitriles is 1. The van der Waals surface area contributed by atoms with E-state index in [9.17, 15) is 9.59 Å². The highest BCUT2D eigenvalue weighted by Crippen LogP contribution is 2.24. The quantitative estimate of drug-likeness (QED) is 0.593. The summed E-state index contributed by atoms with van der Waals surface area (Å²) in [6, 6.07) is 16.7. The number of rotatable bonds is 5. The molecule has 8 heteroatoms. The Morgan fingerprint density at radius 1 is 1.12 bits per heavy atom. The van der Waals surface area contributed by atoms with Crippen LogP contribution in [0.3, 0.4) is 0 Å². The van der Waals surface area contributed by atoms with Crippen LogP contribution in [0.15, 0.2) is 57.7 Å². The standard InChI is InChI=1S/C25H26N4O4/c1-2-32-25(31)27-20-6-9-22-19(14-24(30)33-23(22)15-20)17-28-10-3-11-29(13-12-28)21-7-4-18(16-26)5-8-21/h4-9,14-15H,2-3,10-13,17H2,1H3,(H,27,31). The highest BCUT2D eigenvalue weighted by atomic mass is 16.5. The van der Waals surface area contributed by atoms with Gasteiger partial charge in [-0.05, 0) is 55.3 Å². The van der Waals surface area contributed by atoms with Gasteiger partial charge in [0.15, 0.2) is 0 Å². The van der Waals surface area contributed by atoms with Gasteiger partial charge in [-0.3, -0.25) is 10.2 Å². The lowest BCUT2D eigenvalue weighted by Crippen LogP contribution is -2.30. The number of nitrogens with zero attached hydrogens (tertiary/aromatic N) is 3. The monoisotopic (exact) mass is 446 g/mol. The Labute approximate surface area is 192 Å². The summed E-state index contributed by atoms with van der Waals surface area (Å²) >= 11 is 0. The van der Waals surface area contributed by atoms with Crippen molar-refractivity contribution >= 4 is 28.4 Å². The van der Waals surface area contributed by atoms with Crippen molar-refractivity contribution in [2.24, 2.45) is 0 Å². The maximum atomic E-state index is 12.2. The summed E-state index contributed by atoms with van der Waals surface area (Å²) in [4.78, 5) is 28.6. The van der Waals surface area contributed by atoms with Crippen LogP contribution in [0.25, 0.3) is 11.0 Å². The second-order valence-corrected chi connectivity index (χ2v) is 7.92. The number of carbonyl (C=O) groups excluding carboxylic acids is 1. The third-order valence-electron chi connectivity index (χ3n) is 5.70. The topological polar surface area (TPSA) is 98.8 Å². The van der Waals surface area contributed by atoms with Gasteiger partial charge in [0.2, 0.25) is 0 Å². The molecule has 1 N–H and O–H groups in total. The molecule has 1 saturated heterocycles. The first kappa shape index (κ1) is 22.4. The molecule has 1 aliphatic heterocycles. The molecule has 8 nitrogen and oxygen atoms in total. The Morgan fingerprint density at radius 3 is 2.70 bits per heavy atom. The van der Waals surface area contributed by atoms with Crippen LogP contribution in [0.4, 0.5) is 16.2 Å². The molecule has 2 heterocycles. The van der Waals surface area contributed by atoms with E-state index in [0.717, 1.165) is 49.2 Å². The predicted molar refractivity (Wildman–Crippen MR) is 126 cm³/mol. The van der Waals surface area contributed by atoms with Crippen molar-refractivity contribution in [3.05, 3.63) is 70.1 Å². The molecule has 4 rings (SSSR count). The number of hydrogen-bond donors (Lipinski definition) is 1. The number of anilines is 2. The van der Waals surface area contributed by atoms with Crippen molar-refractivity contribution in [1.82, 2.24) is 4.90 Å². The average molecular weight is 447 g/mol. The number of fused-ring (bicyclic) bond motifs is 1. The summed E-state index contributed by atoms with van der Waals surface area (Å²) < 4.78 is 10.3. The van der Waals surface area contributed by atoms with E-state index < -0.39 is 11.7 Å². The molecule has 33 heavy (non-hydrogen) atoms. The Hall–Kier alpha value is -3.83. The molecule has 0 atom stereocenters. The first-order chi connectivity index (χ1) is 16.1. The highest BCUT2D eigenvalue weighted by molar-refractivity contribution is 5.89. The minimum atomic E-state index is -0.549.